The number of hydrogen-bond acceptors (Lipinski definition) is 6. The Morgan fingerprint density at radius 3 is 2.96 bits per heavy atom. The molecule has 7 heteroatoms. The van der Waals surface area contributed by atoms with Crippen LogP contribution in [0.15, 0.2) is 41.5 Å². The van der Waals surface area contributed by atoms with Crippen molar-refractivity contribution in [2.75, 3.05) is 19.0 Å². The zero-order valence-electron chi connectivity index (χ0n) is 13.9. The summed E-state index contributed by atoms with van der Waals surface area (Å²) >= 11 is 0. The molecular formula is C18H17N3O4. The van der Waals surface area contributed by atoms with Gasteiger partial charge in [0.05, 0.1) is 19.3 Å². The van der Waals surface area contributed by atoms with Gasteiger partial charge in [0, 0.05) is 18.0 Å². The van der Waals surface area contributed by atoms with Gasteiger partial charge in [-0.3, -0.25) is 9.79 Å². The van der Waals surface area contributed by atoms with Crippen LogP contribution >= 0.6 is 0 Å². The first-order chi connectivity index (χ1) is 12.1. The molecule has 1 aliphatic rings. The zero-order valence-corrected chi connectivity index (χ0v) is 13.9. The maximum absolute atomic E-state index is 12.2. The third-order valence-electron chi connectivity index (χ3n) is 3.74. The van der Waals surface area contributed by atoms with Crippen LogP contribution in [0, 0.1) is 0 Å². The zero-order chi connectivity index (χ0) is 17.8. The topological polar surface area (TPSA) is 89.9 Å². The fourth-order valence-electron chi connectivity index (χ4n) is 2.52. The minimum absolute atomic E-state index is 0.248. The Morgan fingerprint density at radius 1 is 1.40 bits per heavy atom. The molecule has 0 bridgehead atoms. The van der Waals surface area contributed by atoms with E-state index in [4.69, 9.17) is 9.47 Å². The van der Waals surface area contributed by atoms with E-state index in [0.29, 0.717) is 28.4 Å². The van der Waals surface area contributed by atoms with Gasteiger partial charge in [-0.15, -0.1) is 0 Å². The Labute approximate surface area is 144 Å². The third-order valence-corrected chi connectivity index (χ3v) is 3.74. The van der Waals surface area contributed by atoms with Crippen molar-refractivity contribution in [1.82, 2.24) is 4.98 Å². The number of benzene rings is 1. The van der Waals surface area contributed by atoms with E-state index in [2.05, 4.69) is 15.3 Å². The summed E-state index contributed by atoms with van der Waals surface area (Å²) in [5.41, 5.74) is 1.50. The molecule has 2 heterocycles. The van der Waals surface area contributed by atoms with E-state index in [-0.39, 0.29) is 12.5 Å². The Balaban J connectivity index is 1.91. The van der Waals surface area contributed by atoms with E-state index in [9.17, 15) is 9.59 Å². The fraction of sp³-hybridized carbons (Fsp3) is 0.222. The molecule has 0 fully saturated rings. The van der Waals surface area contributed by atoms with E-state index in [1.807, 2.05) is 12.1 Å². The molecule has 2 aromatic rings. The highest BCUT2D eigenvalue weighted by Crippen LogP contribution is 2.32. The second kappa shape index (κ2) is 7.12. The summed E-state index contributed by atoms with van der Waals surface area (Å²) in [5.74, 6) is -0.327. The standard InChI is InChI=1S/C18H17N3O4/c1-3-25-18(23)11-8-12-13(17(22)21-16(12)20-9-11)10-19-14-6-4-5-7-15(14)24-2/h4-10,13H,3H2,1-2H3,(H,20,21,22). The number of nitrogens with zero attached hydrogens (tertiary/aromatic N) is 2. The van der Waals surface area contributed by atoms with Crippen LogP contribution in [0.2, 0.25) is 0 Å². The lowest BCUT2D eigenvalue weighted by Crippen LogP contribution is -2.13. The van der Waals surface area contributed by atoms with Crippen LogP contribution in [0.25, 0.3) is 0 Å². The lowest BCUT2D eigenvalue weighted by Gasteiger charge is -2.06. The number of rotatable bonds is 5. The lowest BCUT2D eigenvalue weighted by molar-refractivity contribution is -0.115. The van der Waals surface area contributed by atoms with Crippen molar-refractivity contribution in [3.63, 3.8) is 0 Å². The number of aliphatic imine (C=N–C) groups is 1. The minimum atomic E-state index is -0.637. The summed E-state index contributed by atoms with van der Waals surface area (Å²) in [4.78, 5) is 32.6. The molecule has 25 heavy (non-hydrogen) atoms. The molecule has 1 N–H and O–H groups in total. The first-order valence-corrected chi connectivity index (χ1v) is 7.79. The van der Waals surface area contributed by atoms with Gasteiger partial charge in [-0.2, -0.15) is 0 Å². The number of anilines is 1. The number of hydrogen-bond donors (Lipinski definition) is 1. The number of nitrogens with one attached hydrogen (secondary N) is 1. The molecule has 1 unspecified atom stereocenters. The monoisotopic (exact) mass is 339 g/mol. The number of amides is 1. The number of para-hydroxylation sites is 2. The average Bonchev–Trinajstić information content (AvgIpc) is 2.94. The van der Waals surface area contributed by atoms with E-state index in [1.165, 1.54) is 12.4 Å². The van der Waals surface area contributed by atoms with Crippen molar-refractivity contribution < 1.29 is 19.1 Å². The quantitative estimate of drug-likeness (QED) is 0.668. The fourth-order valence-corrected chi connectivity index (χ4v) is 2.52. The van der Waals surface area contributed by atoms with Gasteiger partial charge in [-0.1, -0.05) is 12.1 Å². The second-order valence-corrected chi connectivity index (χ2v) is 5.30. The molecule has 0 saturated carbocycles. The number of pyridine rings is 1. The van der Waals surface area contributed by atoms with E-state index >= 15 is 0 Å². The largest absolute Gasteiger partial charge is 0.494 e. The molecule has 1 aliphatic heterocycles. The van der Waals surface area contributed by atoms with Crippen molar-refractivity contribution >= 4 is 29.6 Å². The number of carbonyl (C=O) groups is 2. The average molecular weight is 339 g/mol. The molecular weight excluding hydrogens is 322 g/mol. The molecule has 128 valence electrons. The van der Waals surface area contributed by atoms with Gasteiger partial charge in [0.25, 0.3) is 0 Å². The Kier molecular flexibility index (Phi) is 4.74. The molecule has 1 aromatic carbocycles. The highest BCUT2D eigenvalue weighted by molar-refractivity contribution is 6.12. The normalized spacial score (nSPS) is 15.8. The number of ether oxygens (including phenoxy) is 2. The predicted octanol–water partition coefficient (Wildman–Crippen LogP) is 2.71. The van der Waals surface area contributed by atoms with E-state index < -0.39 is 11.9 Å². The smallest absolute Gasteiger partial charge is 0.339 e. The molecule has 0 radical (unpaired) electrons. The number of methoxy groups -OCH3 is 1. The van der Waals surface area contributed by atoms with Crippen LogP contribution < -0.4 is 10.1 Å². The molecule has 0 spiro atoms. The van der Waals surface area contributed by atoms with Crippen molar-refractivity contribution in [3.05, 3.63) is 47.7 Å². The Bertz CT molecular complexity index is 848. The molecule has 1 aromatic heterocycles. The van der Waals surface area contributed by atoms with Crippen molar-refractivity contribution in [2.24, 2.45) is 4.99 Å². The maximum atomic E-state index is 12.2. The summed E-state index contributed by atoms with van der Waals surface area (Å²) in [5, 5.41) is 2.69. The predicted molar refractivity (Wildman–Crippen MR) is 92.7 cm³/mol. The second-order valence-electron chi connectivity index (χ2n) is 5.30. The summed E-state index contributed by atoms with van der Waals surface area (Å²) < 4.78 is 10.2. The summed E-state index contributed by atoms with van der Waals surface area (Å²) in [7, 11) is 1.56. The number of carbonyl (C=O) groups excluding carboxylic acids is 2. The van der Waals surface area contributed by atoms with Crippen molar-refractivity contribution in [1.29, 1.82) is 0 Å². The van der Waals surface area contributed by atoms with Gasteiger partial charge in [-0.05, 0) is 25.1 Å². The highest BCUT2D eigenvalue weighted by Gasteiger charge is 2.31. The SMILES string of the molecule is CCOC(=O)c1cnc2c(c1)C(C=Nc1ccccc1OC)C(=O)N2. The minimum Gasteiger partial charge on any atom is -0.494 e. The van der Waals surface area contributed by atoms with Gasteiger partial charge < -0.3 is 14.8 Å². The number of aromatic nitrogens is 1. The van der Waals surface area contributed by atoms with Gasteiger partial charge >= 0.3 is 5.97 Å². The van der Waals surface area contributed by atoms with Crippen LogP contribution in [0.1, 0.15) is 28.8 Å². The summed E-state index contributed by atoms with van der Waals surface area (Å²) in [6, 6.07) is 8.85. The Hall–Kier alpha value is -3.22. The lowest BCUT2D eigenvalue weighted by atomic mass is 10.0. The summed E-state index contributed by atoms with van der Waals surface area (Å²) in [6.07, 6.45) is 2.91. The van der Waals surface area contributed by atoms with Crippen LogP contribution in [0.4, 0.5) is 11.5 Å². The van der Waals surface area contributed by atoms with Crippen LogP contribution in [-0.4, -0.2) is 36.8 Å². The van der Waals surface area contributed by atoms with Gasteiger partial charge in [0.1, 0.15) is 23.2 Å². The maximum Gasteiger partial charge on any atom is 0.339 e. The van der Waals surface area contributed by atoms with Gasteiger partial charge in [-0.25, -0.2) is 9.78 Å². The highest BCUT2D eigenvalue weighted by atomic mass is 16.5. The molecule has 7 nitrogen and oxygen atoms in total. The summed E-state index contributed by atoms with van der Waals surface area (Å²) in [6.45, 7) is 2.00. The van der Waals surface area contributed by atoms with Crippen LogP contribution in [0.5, 0.6) is 5.75 Å². The van der Waals surface area contributed by atoms with Crippen LogP contribution in [0.3, 0.4) is 0 Å². The van der Waals surface area contributed by atoms with Crippen molar-refractivity contribution in [3.8, 4) is 5.75 Å². The molecule has 3 rings (SSSR count). The molecule has 1 amide bonds. The van der Waals surface area contributed by atoms with Gasteiger partial charge in [0.2, 0.25) is 5.91 Å². The Morgan fingerprint density at radius 2 is 2.20 bits per heavy atom. The van der Waals surface area contributed by atoms with Gasteiger partial charge in [0.15, 0.2) is 0 Å². The molecule has 1 atom stereocenters. The van der Waals surface area contributed by atoms with Crippen molar-refractivity contribution in [2.45, 2.75) is 12.8 Å². The molecule has 0 saturated heterocycles. The van der Waals surface area contributed by atoms with Crippen LogP contribution in [-0.2, 0) is 9.53 Å². The first kappa shape index (κ1) is 16.6. The van der Waals surface area contributed by atoms with E-state index in [0.717, 1.165) is 0 Å². The molecule has 0 aliphatic carbocycles. The number of fused-ring (bicyclic) bond motifs is 1. The first-order valence-electron chi connectivity index (χ1n) is 7.79. The third kappa shape index (κ3) is 3.35. The van der Waals surface area contributed by atoms with E-state index in [1.54, 1.807) is 32.2 Å². The number of esters is 1.